The van der Waals surface area contributed by atoms with Crippen LogP contribution in [0.4, 0.5) is 5.69 Å². The molecule has 0 bridgehead atoms. The lowest BCUT2D eigenvalue weighted by Gasteiger charge is -2.25. The van der Waals surface area contributed by atoms with Crippen LogP contribution in [-0.4, -0.2) is 33.2 Å². The third-order valence-electron chi connectivity index (χ3n) is 4.77. The maximum absolute atomic E-state index is 12.8. The molecule has 7 nitrogen and oxygen atoms in total. The predicted octanol–water partition coefficient (Wildman–Crippen LogP) is 3.82. The van der Waals surface area contributed by atoms with E-state index in [9.17, 15) is 24.8 Å². The minimum Gasteiger partial charge on any atom is -0.507 e. The number of carbonyl (C=O) groups is 2. The first-order valence-electron chi connectivity index (χ1n) is 9.04. The van der Waals surface area contributed by atoms with Crippen LogP contribution in [0.25, 0.3) is 5.76 Å². The van der Waals surface area contributed by atoms with E-state index in [4.69, 9.17) is 0 Å². The molecular formula is C21H20N2O5. The van der Waals surface area contributed by atoms with Gasteiger partial charge in [0.1, 0.15) is 5.76 Å². The third-order valence-corrected chi connectivity index (χ3v) is 4.77. The molecule has 1 N–H and O–H groups in total. The van der Waals surface area contributed by atoms with Gasteiger partial charge in [-0.05, 0) is 12.5 Å². The molecule has 1 aliphatic rings. The average molecular weight is 380 g/mol. The minimum atomic E-state index is -1.01. The van der Waals surface area contributed by atoms with E-state index < -0.39 is 22.7 Å². The van der Waals surface area contributed by atoms with Gasteiger partial charge in [-0.2, -0.15) is 0 Å². The number of likely N-dealkylation sites (tertiary alicyclic amines) is 1. The molecule has 2 aromatic carbocycles. The molecule has 0 aromatic heterocycles. The zero-order valence-corrected chi connectivity index (χ0v) is 15.4. The Morgan fingerprint density at radius 3 is 2.39 bits per heavy atom. The molecule has 0 aliphatic carbocycles. The summed E-state index contributed by atoms with van der Waals surface area (Å²) >= 11 is 0. The van der Waals surface area contributed by atoms with Crippen LogP contribution >= 0.6 is 0 Å². The number of para-hydroxylation sites is 1. The number of hydrogen-bond acceptors (Lipinski definition) is 5. The fourth-order valence-corrected chi connectivity index (χ4v) is 3.40. The minimum absolute atomic E-state index is 0.124. The maximum atomic E-state index is 12.8. The molecule has 3 rings (SSSR count). The van der Waals surface area contributed by atoms with Crippen molar-refractivity contribution in [2.45, 2.75) is 25.8 Å². The number of nitro benzene ring substituents is 1. The predicted molar refractivity (Wildman–Crippen MR) is 103 cm³/mol. The van der Waals surface area contributed by atoms with Crippen molar-refractivity contribution < 1.29 is 19.6 Å². The van der Waals surface area contributed by atoms with Gasteiger partial charge in [-0.1, -0.05) is 55.8 Å². The van der Waals surface area contributed by atoms with Crippen LogP contribution in [0.2, 0.25) is 0 Å². The van der Waals surface area contributed by atoms with Crippen molar-refractivity contribution in [2.24, 2.45) is 0 Å². The molecular weight excluding hydrogens is 360 g/mol. The number of unbranched alkanes of at least 4 members (excludes halogenated alkanes) is 1. The third kappa shape index (κ3) is 3.38. The number of nitrogens with zero attached hydrogens (tertiary/aromatic N) is 2. The van der Waals surface area contributed by atoms with Crippen molar-refractivity contribution in [1.82, 2.24) is 4.90 Å². The van der Waals surface area contributed by atoms with Crippen molar-refractivity contribution in [3.05, 3.63) is 81.4 Å². The van der Waals surface area contributed by atoms with Crippen molar-refractivity contribution in [1.29, 1.82) is 0 Å². The summed E-state index contributed by atoms with van der Waals surface area (Å²) in [5.74, 6) is -1.92. The number of aliphatic hydroxyl groups is 1. The summed E-state index contributed by atoms with van der Waals surface area (Å²) in [6.45, 7) is 2.21. The van der Waals surface area contributed by atoms with Gasteiger partial charge in [0, 0.05) is 18.2 Å². The average Bonchev–Trinajstić information content (AvgIpc) is 2.96. The van der Waals surface area contributed by atoms with Gasteiger partial charge in [-0.25, -0.2) is 0 Å². The number of benzene rings is 2. The Bertz CT molecular complexity index is 952. The molecule has 28 heavy (non-hydrogen) atoms. The van der Waals surface area contributed by atoms with E-state index >= 15 is 0 Å². The van der Waals surface area contributed by atoms with E-state index in [0.717, 1.165) is 6.42 Å². The first-order valence-corrected chi connectivity index (χ1v) is 9.04. The van der Waals surface area contributed by atoms with Gasteiger partial charge in [0.15, 0.2) is 0 Å². The second kappa shape index (κ2) is 8.04. The Labute approximate surface area is 162 Å². The second-order valence-electron chi connectivity index (χ2n) is 6.53. The van der Waals surface area contributed by atoms with Crippen LogP contribution in [0.1, 0.15) is 36.9 Å². The van der Waals surface area contributed by atoms with E-state index in [-0.39, 0.29) is 29.1 Å². The SMILES string of the molecule is CCCCN1C(=O)C(=O)C(=C(O)c2ccccc2)C1c1ccccc1[N+](=O)[O-]. The first kappa shape index (κ1) is 19.3. The highest BCUT2D eigenvalue weighted by Gasteiger charge is 2.47. The van der Waals surface area contributed by atoms with Crippen LogP contribution in [0, 0.1) is 10.1 Å². The van der Waals surface area contributed by atoms with Crippen molar-refractivity contribution in [3.8, 4) is 0 Å². The van der Waals surface area contributed by atoms with Crippen LogP contribution in [-0.2, 0) is 9.59 Å². The second-order valence-corrected chi connectivity index (χ2v) is 6.53. The monoisotopic (exact) mass is 380 g/mol. The molecule has 1 aliphatic heterocycles. The van der Waals surface area contributed by atoms with Crippen LogP contribution in [0.15, 0.2) is 60.2 Å². The Balaban J connectivity index is 2.24. The van der Waals surface area contributed by atoms with Crippen molar-refractivity contribution in [2.75, 3.05) is 6.54 Å². The molecule has 1 amide bonds. The molecule has 7 heteroatoms. The molecule has 1 saturated heterocycles. The lowest BCUT2D eigenvalue weighted by atomic mass is 9.94. The summed E-state index contributed by atoms with van der Waals surface area (Å²) in [5, 5.41) is 22.4. The number of Topliss-reactive ketones (excluding diaryl/α,β-unsaturated/α-hetero) is 1. The summed E-state index contributed by atoms with van der Waals surface area (Å²) < 4.78 is 0. The van der Waals surface area contributed by atoms with Crippen molar-refractivity contribution in [3.63, 3.8) is 0 Å². The summed E-state index contributed by atoms with van der Waals surface area (Å²) in [6, 6.07) is 13.4. The van der Waals surface area contributed by atoms with E-state index in [1.165, 1.54) is 23.1 Å². The Kier molecular flexibility index (Phi) is 5.54. The molecule has 144 valence electrons. The number of nitro groups is 1. The maximum Gasteiger partial charge on any atom is 0.295 e. The summed E-state index contributed by atoms with van der Waals surface area (Å²) in [5.41, 5.74) is 0.260. The lowest BCUT2D eigenvalue weighted by Crippen LogP contribution is -2.30. The number of carbonyl (C=O) groups excluding carboxylic acids is 2. The van der Waals surface area contributed by atoms with Gasteiger partial charge in [0.05, 0.1) is 22.1 Å². The quantitative estimate of drug-likeness (QED) is 0.270. The van der Waals surface area contributed by atoms with E-state index in [1.54, 1.807) is 36.4 Å². The van der Waals surface area contributed by atoms with E-state index in [1.807, 2.05) is 6.92 Å². The Hall–Kier alpha value is -3.48. The van der Waals surface area contributed by atoms with Gasteiger partial charge in [0.2, 0.25) is 0 Å². The summed E-state index contributed by atoms with van der Waals surface area (Å²) in [6.07, 6.45) is 1.42. The molecule has 1 atom stereocenters. The first-order chi connectivity index (χ1) is 13.5. The number of aliphatic hydroxyl groups excluding tert-OH is 1. The number of amides is 1. The van der Waals surface area contributed by atoms with Gasteiger partial charge < -0.3 is 10.0 Å². The van der Waals surface area contributed by atoms with Gasteiger partial charge in [-0.3, -0.25) is 19.7 Å². The molecule has 2 aromatic rings. The van der Waals surface area contributed by atoms with E-state index in [2.05, 4.69) is 0 Å². The zero-order valence-electron chi connectivity index (χ0n) is 15.4. The smallest absolute Gasteiger partial charge is 0.295 e. The Morgan fingerprint density at radius 1 is 1.11 bits per heavy atom. The topological polar surface area (TPSA) is 101 Å². The highest BCUT2D eigenvalue weighted by atomic mass is 16.6. The fourth-order valence-electron chi connectivity index (χ4n) is 3.40. The zero-order chi connectivity index (χ0) is 20.3. The van der Waals surface area contributed by atoms with Gasteiger partial charge >= 0.3 is 0 Å². The fraction of sp³-hybridized carbons (Fsp3) is 0.238. The molecule has 0 saturated carbocycles. The number of ketones is 1. The van der Waals surface area contributed by atoms with Gasteiger partial charge in [-0.15, -0.1) is 0 Å². The van der Waals surface area contributed by atoms with Crippen molar-refractivity contribution >= 4 is 23.1 Å². The largest absolute Gasteiger partial charge is 0.507 e. The van der Waals surface area contributed by atoms with Crippen LogP contribution in [0.5, 0.6) is 0 Å². The number of rotatable bonds is 6. The normalized spacial score (nSPS) is 18.5. The van der Waals surface area contributed by atoms with E-state index in [0.29, 0.717) is 12.0 Å². The summed E-state index contributed by atoms with van der Waals surface area (Å²) in [4.78, 5) is 37.8. The number of hydrogen-bond donors (Lipinski definition) is 1. The molecule has 1 fully saturated rings. The standard InChI is InChI=1S/C21H20N2O5/c1-2-3-13-22-18(15-11-7-8-12-16(15)23(27)28)17(20(25)21(22)26)19(24)14-9-5-4-6-10-14/h4-12,18,24H,2-3,13H2,1H3. The summed E-state index contributed by atoms with van der Waals surface area (Å²) in [7, 11) is 0. The van der Waals surface area contributed by atoms with Gasteiger partial charge in [0.25, 0.3) is 17.4 Å². The highest BCUT2D eigenvalue weighted by molar-refractivity contribution is 6.46. The van der Waals surface area contributed by atoms with Crippen LogP contribution < -0.4 is 0 Å². The van der Waals surface area contributed by atoms with Crippen LogP contribution in [0.3, 0.4) is 0 Å². The molecule has 1 unspecified atom stereocenters. The highest BCUT2D eigenvalue weighted by Crippen LogP contribution is 2.42. The Morgan fingerprint density at radius 2 is 1.75 bits per heavy atom. The molecule has 0 radical (unpaired) electrons. The lowest BCUT2D eigenvalue weighted by molar-refractivity contribution is -0.385. The molecule has 0 spiro atoms. The molecule has 1 heterocycles.